The second-order valence-corrected chi connectivity index (χ2v) is 8.51. The molecule has 2 aromatic carbocycles. The number of anilines is 1. The normalized spacial score (nSPS) is 11.5. The minimum atomic E-state index is -3.74. The number of aryl methyl sites for hydroxylation is 1. The highest BCUT2D eigenvalue weighted by Gasteiger charge is 2.26. The zero-order valence-electron chi connectivity index (χ0n) is 14.2. The number of hydrogen-bond acceptors (Lipinski definition) is 3. The van der Waals surface area contributed by atoms with E-state index < -0.39 is 10.0 Å². The van der Waals surface area contributed by atoms with Crippen molar-refractivity contribution in [2.24, 2.45) is 0 Å². The van der Waals surface area contributed by atoms with Crippen molar-refractivity contribution in [3.05, 3.63) is 58.6 Å². The summed E-state index contributed by atoms with van der Waals surface area (Å²) in [4.78, 5) is 12.5. The largest absolute Gasteiger partial charge is 0.325 e. The third-order valence-corrected chi connectivity index (χ3v) is 5.98. The Bertz CT molecular complexity index is 853. The van der Waals surface area contributed by atoms with Gasteiger partial charge >= 0.3 is 0 Å². The van der Waals surface area contributed by atoms with E-state index in [-0.39, 0.29) is 23.9 Å². The van der Waals surface area contributed by atoms with Gasteiger partial charge in [0.05, 0.1) is 11.4 Å². The van der Waals surface area contributed by atoms with Crippen molar-refractivity contribution in [3.8, 4) is 0 Å². The number of hydrogen-bond donors (Lipinski definition) is 1. The Hall–Kier alpha value is -1.70. The maximum atomic E-state index is 12.9. The third-order valence-electron chi connectivity index (χ3n) is 3.65. The molecule has 0 aliphatic carbocycles. The molecule has 0 aromatic heterocycles. The van der Waals surface area contributed by atoms with Crippen LogP contribution in [0.15, 0.2) is 57.9 Å². The van der Waals surface area contributed by atoms with Crippen molar-refractivity contribution in [1.82, 2.24) is 4.31 Å². The minimum Gasteiger partial charge on any atom is -0.325 e. The lowest BCUT2D eigenvalue weighted by atomic mass is 10.2. The monoisotopic (exact) mass is 424 g/mol. The molecule has 0 aliphatic heterocycles. The van der Waals surface area contributed by atoms with Crippen LogP contribution in [0.25, 0.3) is 0 Å². The number of para-hydroxylation sites is 1. The summed E-state index contributed by atoms with van der Waals surface area (Å²) in [6, 6.07) is 13.9. The Morgan fingerprint density at radius 3 is 2.52 bits per heavy atom. The van der Waals surface area contributed by atoms with Crippen LogP contribution in [-0.4, -0.2) is 31.7 Å². The summed E-state index contributed by atoms with van der Waals surface area (Å²) < 4.78 is 27.6. The van der Waals surface area contributed by atoms with Crippen molar-refractivity contribution in [1.29, 1.82) is 0 Å². The van der Waals surface area contributed by atoms with Gasteiger partial charge in [0.1, 0.15) is 0 Å². The van der Waals surface area contributed by atoms with E-state index in [0.717, 1.165) is 5.56 Å². The minimum absolute atomic E-state index is 0.166. The van der Waals surface area contributed by atoms with Crippen molar-refractivity contribution >= 4 is 37.5 Å². The molecule has 0 unspecified atom stereocenters. The van der Waals surface area contributed by atoms with E-state index >= 15 is 0 Å². The third kappa shape index (κ3) is 5.14. The molecule has 134 valence electrons. The van der Waals surface area contributed by atoms with Crippen LogP contribution in [0.3, 0.4) is 0 Å². The van der Waals surface area contributed by atoms with E-state index in [0.29, 0.717) is 16.6 Å². The van der Waals surface area contributed by atoms with Crippen molar-refractivity contribution < 1.29 is 13.2 Å². The van der Waals surface area contributed by atoms with Crippen molar-refractivity contribution in [2.45, 2.75) is 25.2 Å². The zero-order chi connectivity index (χ0) is 18.4. The molecule has 0 aliphatic rings. The van der Waals surface area contributed by atoms with E-state index in [1.165, 1.54) is 16.4 Å². The Morgan fingerprint density at radius 2 is 1.88 bits per heavy atom. The average molecular weight is 425 g/mol. The van der Waals surface area contributed by atoms with Crippen molar-refractivity contribution in [2.75, 3.05) is 18.4 Å². The fourth-order valence-electron chi connectivity index (χ4n) is 2.37. The second-order valence-electron chi connectivity index (χ2n) is 5.66. The SMILES string of the molecule is CCCN(CC(=O)Nc1ccccc1C)S(=O)(=O)c1cccc(Br)c1. The number of nitrogens with zero attached hydrogens (tertiary/aromatic N) is 1. The van der Waals surface area contributed by atoms with Crippen LogP contribution in [0, 0.1) is 6.92 Å². The van der Waals surface area contributed by atoms with E-state index in [4.69, 9.17) is 0 Å². The fourth-order valence-corrected chi connectivity index (χ4v) is 4.46. The summed E-state index contributed by atoms with van der Waals surface area (Å²) >= 11 is 3.28. The topological polar surface area (TPSA) is 66.5 Å². The molecule has 0 spiro atoms. The number of amides is 1. The molecule has 7 heteroatoms. The maximum absolute atomic E-state index is 12.9. The molecule has 1 amide bonds. The Balaban J connectivity index is 2.20. The molecule has 0 fully saturated rings. The van der Waals surface area contributed by atoms with Crippen LogP contribution >= 0.6 is 15.9 Å². The van der Waals surface area contributed by atoms with Crippen LogP contribution in [0.1, 0.15) is 18.9 Å². The predicted octanol–water partition coefficient (Wildman–Crippen LogP) is 3.80. The quantitative estimate of drug-likeness (QED) is 0.734. The number of halogens is 1. The van der Waals surface area contributed by atoms with Crippen LogP contribution in [0.5, 0.6) is 0 Å². The molecule has 5 nitrogen and oxygen atoms in total. The molecule has 0 radical (unpaired) electrons. The van der Waals surface area contributed by atoms with E-state index in [2.05, 4.69) is 21.2 Å². The predicted molar refractivity (Wildman–Crippen MR) is 103 cm³/mol. The Kier molecular flexibility index (Phi) is 6.75. The van der Waals surface area contributed by atoms with Gasteiger partial charge in [-0.25, -0.2) is 8.42 Å². The lowest BCUT2D eigenvalue weighted by Crippen LogP contribution is -2.38. The average Bonchev–Trinajstić information content (AvgIpc) is 2.56. The summed E-state index contributed by atoms with van der Waals surface area (Å²) in [5.41, 5.74) is 1.61. The first-order valence-corrected chi connectivity index (χ1v) is 10.2. The molecular formula is C18H21BrN2O3S. The fraction of sp³-hybridized carbons (Fsp3) is 0.278. The zero-order valence-corrected chi connectivity index (χ0v) is 16.6. The van der Waals surface area contributed by atoms with Gasteiger partial charge < -0.3 is 5.32 Å². The first kappa shape index (κ1) is 19.6. The van der Waals surface area contributed by atoms with Crippen LogP contribution in [0.4, 0.5) is 5.69 Å². The summed E-state index contributed by atoms with van der Waals surface area (Å²) in [6.07, 6.45) is 0.616. The molecule has 25 heavy (non-hydrogen) atoms. The number of nitrogens with one attached hydrogen (secondary N) is 1. The molecule has 0 atom stereocenters. The highest BCUT2D eigenvalue weighted by molar-refractivity contribution is 9.10. The number of rotatable bonds is 7. The first-order valence-electron chi connectivity index (χ1n) is 7.95. The maximum Gasteiger partial charge on any atom is 0.243 e. The van der Waals surface area contributed by atoms with Gasteiger partial charge in [-0.2, -0.15) is 4.31 Å². The number of sulfonamides is 1. The summed E-state index contributed by atoms with van der Waals surface area (Å²) in [6.45, 7) is 3.81. The summed E-state index contributed by atoms with van der Waals surface area (Å²) in [5.74, 6) is -0.360. The molecule has 0 bridgehead atoms. The van der Waals surface area contributed by atoms with Gasteiger partial charge in [-0.1, -0.05) is 47.1 Å². The van der Waals surface area contributed by atoms with Gasteiger partial charge in [-0.3, -0.25) is 4.79 Å². The Morgan fingerprint density at radius 1 is 1.16 bits per heavy atom. The van der Waals surface area contributed by atoms with Gasteiger partial charge in [0, 0.05) is 16.7 Å². The van der Waals surface area contributed by atoms with Gasteiger partial charge in [-0.05, 0) is 43.2 Å². The number of carbonyl (C=O) groups is 1. The molecule has 2 rings (SSSR count). The molecule has 0 saturated heterocycles. The molecule has 1 N–H and O–H groups in total. The molecular weight excluding hydrogens is 404 g/mol. The van der Waals surface area contributed by atoms with Gasteiger partial charge in [0.25, 0.3) is 0 Å². The lowest BCUT2D eigenvalue weighted by molar-refractivity contribution is -0.116. The summed E-state index contributed by atoms with van der Waals surface area (Å²) in [5, 5.41) is 2.78. The highest BCUT2D eigenvalue weighted by Crippen LogP contribution is 2.20. The van der Waals surface area contributed by atoms with E-state index in [9.17, 15) is 13.2 Å². The van der Waals surface area contributed by atoms with Crippen LogP contribution in [0.2, 0.25) is 0 Å². The lowest BCUT2D eigenvalue weighted by Gasteiger charge is -2.21. The van der Waals surface area contributed by atoms with Gasteiger partial charge in [0.15, 0.2) is 0 Å². The Labute approximate surface area is 157 Å². The molecule has 2 aromatic rings. The second kappa shape index (κ2) is 8.60. The van der Waals surface area contributed by atoms with Gasteiger partial charge in [-0.15, -0.1) is 0 Å². The molecule has 0 heterocycles. The first-order chi connectivity index (χ1) is 11.8. The number of benzene rings is 2. The smallest absolute Gasteiger partial charge is 0.243 e. The van der Waals surface area contributed by atoms with E-state index in [1.807, 2.05) is 32.0 Å². The standard InChI is InChI=1S/C18H21BrN2O3S/c1-3-11-21(25(23,24)16-9-6-8-15(19)12-16)13-18(22)20-17-10-5-4-7-14(17)2/h4-10,12H,3,11,13H2,1-2H3,(H,20,22). The van der Waals surface area contributed by atoms with E-state index in [1.54, 1.807) is 18.2 Å². The summed E-state index contributed by atoms with van der Waals surface area (Å²) in [7, 11) is -3.74. The number of carbonyl (C=O) groups excluding carboxylic acids is 1. The van der Waals surface area contributed by atoms with Crippen LogP contribution < -0.4 is 5.32 Å². The van der Waals surface area contributed by atoms with Crippen molar-refractivity contribution in [3.63, 3.8) is 0 Å². The van der Waals surface area contributed by atoms with Crippen LogP contribution in [-0.2, 0) is 14.8 Å². The molecule has 0 saturated carbocycles. The van der Waals surface area contributed by atoms with Gasteiger partial charge in [0.2, 0.25) is 15.9 Å². The highest BCUT2D eigenvalue weighted by atomic mass is 79.9.